The minimum Gasteiger partial charge on any atom is -0.378 e. The molecule has 2 aliphatic rings. The Balaban J connectivity index is 1.68. The molecule has 128 valence electrons. The van der Waals surface area contributed by atoms with Gasteiger partial charge in [0, 0.05) is 19.5 Å². The summed E-state index contributed by atoms with van der Waals surface area (Å²) in [5.74, 6) is 1.68. The molecule has 1 amide bonds. The number of morpholine rings is 1. The van der Waals surface area contributed by atoms with Crippen molar-refractivity contribution in [1.29, 1.82) is 0 Å². The van der Waals surface area contributed by atoms with Gasteiger partial charge < -0.3 is 15.4 Å². The second-order valence-electron chi connectivity index (χ2n) is 6.78. The highest BCUT2D eigenvalue weighted by molar-refractivity contribution is 5.95. The molecule has 2 fully saturated rings. The van der Waals surface area contributed by atoms with E-state index in [0.29, 0.717) is 0 Å². The first-order valence-corrected chi connectivity index (χ1v) is 8.87. The molecule has 1 aliphatic heterocycles. The van der Waals surface area contributed by atoms with Crippen molar-refractivity contribution in [3.8, 4) is 0 Å². The Morgan fingerprint density at radius 2 is 2.08 bits per heavy atom. The average molecular weight is 328 g/mol. The quantitative estimate of drug-likeness (QED) is 0.915. The smallest absolute Gasteiger partial charge is 0.324 e. The van der Waals surface area contributed by atoms with Gasteiger partial charge in [0.2, 0.25) is 0 Å². The van der Waals surface area contributed by atoms with E-state index in [0.717, 1.165) is 67.6 Å². The van der Waals surface area contributed by atoms with Crippen LogP contribution in [0.5, 0.6) is 0 Å². The van der Waals surface area contributed by atoms with Crippen molar-refractivity contribution in [1.82, 2.24) is 9.55 Å². The van der Waals surface area contributed by atoms with Crippen molar-refractivity contribution in [2.24, 2.45) is 11.7 Å². The molecule has 1 aliphatic carbocycles. The van der Waals surface area contributed by atoms with Crippen LogP contribution in [0.4, 0.5) is 10.5 Å². The van der Waals surface area contributed by atoms with Crippen LogP contribution in [0.1, 0.15) is 31.5 Å². The van der Waals surface area contributed by atoms with Crippen molar-refractivity contribution in [3.63, 3.8) is 0 Å². The van der Waals surface area contributed by atoms with E-state index in [1.54, 1.807) is 4.57 Å². The SMILES string of the molecule is NC(=O)n1c(CCCC2CC2)nc2c(N3CCOCC3)cccc21. The first-order chi connectivity index (χ1) is 11.7. The molecule has 24 heavy (non-hydrogen) atoms. The molecule has 2 N–H and O–H groups in total. The summed E-state index contributed by atoms with van der Waals surface area (Å²) in [6.07, 6.45) is 5.80. The second-order valence-corrected chi connectivity index (χ2v) is 6.78. The number of amides is 1. The molecule has 0 bridgehead atoms. The summed E-state index contributed by atoms with van der Waals surface area (Å²) in [5.41, 5.74) is 8.40. The van der Waals surface area contributed by atoms with Crippen LogP contribution >= 0.6 is 0 Å². The third-order valence-corrected chi connectivity index (χ3v) is 5.02. The van der Waals surface area contributed by atoms with Gasteiger partial charge >= 0.3 is 6.03 Å². The number of fused-ring (bicyclic) bond motifs is 1. The molecular formula is C18H24N4O2. The fourth-order valence-electron chi connectivity index (χ4n) is 3.56. The van der Waals surface area contributed by atoms with Gasteiger partial charge in [-0.05, 0) is 24.5 Å². The molecule has 1 aromatic heterocycles. The van der Waals surface area contributed by atoms with E-state index in [2.05, 4.69) is 11.0 Å². The Morgan fingerprint density at radius 1 is 1.29 bits per heavy atom. The predicted octanol–water partition coefficient (Wildman–Crippen LogP) is 2.53. The molecule has 4 rings (SSSR count). The summed E-state index contributed by atoms with van der Waals surface area (Å²) in [6.45, 7) is 3.14. The van der Waals surface area contributed by atoms with Crippen molar-refractivity contribution in [2.75, 3.05) is 31.2 Å². The van der Waals surface area contributed by atoms with E-state index in [1.807, 2.05) is 12.1 Å². The largest absolute Gasteiger partial charge is 0.378 e. The number of nitrogens with zero attached hydrogens (tertiary/aromatic N) is 3. The van der Waals surface area contributed by atoms with Crippen LogP contribution in [0, 0.1) is 5.92 Å². The van der Waals surface area contributed by atoms with Crippen LogP contribution in [-0.4, -0.2) is 41.9 Å². The number of para-hydroxylation sites is 1. The lowest BCUT2D eigenvalue weighted by Crippen LogP contribution is -2.36. The van der Waals surface area contributed by atoms with Gasteiger partial charge in [-0.15, -0.1) is 0 Å². The third-order valence-electron chi connectivity index (χ3n) is 5.02. The number of ether oxygens (including phenoxy) is 1. The van der Waals surface area contributed by atoms with Crippen LogP contribution < -0.4 is 10.6 Å². The molecule has 1 saturated heterocycles. The van der Waals surface area contributed by atoms with Crippen molar-refractivity contribution in [2.45, 2.75) is 32.1 Å². The number of aromatic nitrogens is 2. The molecule has 2 heterocycles. The molecule has 1 aromatic carbocycles. The van der Waals surface area contributed by atoms with Gasteiger partial charge in [0.25, 0.3) is 0 Å². The van der Waals surface area contributed by atoms with Crippen LogP contribution in [-0.2, 0) is 11.2 Å². The number of carbonyl (C=O) groups excluding carboxylic acids is 1. The minimum absolute atomic E-state index is 0.446. The average Bonchev–Trinajstić information content (AvgIpc) is 3.33. The lowest BCUT2D eigenvalue weighted by atomic mass is 10.2. The van der Waals surface area contributed by atoms with E-state index in [-0.39, 0.29) is 0 Å². The van der Waals surface area contributed by atoms with Gasteiger partial charge in [-0.1, -0.05) is 25.3 Å². The Kier molecular flexibility index (Phi) is 4.14. The Hall–Kier alpha value is -2.08. The molecule has 0 radical (unpaired) electrons. The fraction of sp³-hybridized carbons (Fsp3) is 0.556. The molecule has 6 nitrogen and oxygen atoms in total. The van der Waals surface area contributed by atoms with Crippen molar-refractivity contribution < 1.29 is 9.53 Å². The maximum absolute atomic E-state index is 12.0. The molecule has 2 aromatic rings. The highest BCUT2D eigenvalue weighted by Crippen LogP contribution is 2.34. The summed E-state index contributed by atoms with van der Waals surface area (Å²) in [5, 5.41) is 0. The van der Waals surface area contributed by atoms with Gasteiger partial charge in [-0.2, -0.15) is 0 Å². The van der Waals surface area contributed by atoms with Crippen LogP contribution in [0.3, 0.4) is 0 Å². The Bertz CT molecular complexity index is 745. The van der Waals surface area contributed by atoms with E-state index in [4.69, 9.17) is 15.5 Å². The highest BCUT2D eigenvalue weighted by Gasteiger charge is 2.23. The summed E-state index contributed by atoms with van der Waals surface area (Å²) in [7, 11) is 0. The predicted molar refractivity (Wildman–Crippen MR) is 93.4 cm³/mol. The number of aryl methyl sites for hydroxylation is 1. The van der Waals surface area contributed by atoms with Gasteiger partial charge in [0.1, 0.15) is 11.3 Å². The summed E-state index contributed by atoms with van der Waals surface area (Å²) in [6, 6.07) is 5.53. The zero-order chi connectivity index (χ0) is 16.5. The maximum atomic E-state index is 12.0. The van der Waals surface area contributed by atoms with Gasteiger partial charge in [0.15, 0.2) is 0 Å². The first-order valence-electron chi connectivity index (χ1n) is 8.87. The van der Waals surface area contributed by atoms with Crippen LogP contribution in [0.15, 0.2) is 18.2 Å². The highest BCUT2D eigenvalue weighted by atomic mass is 16.5. The molecule has 0 atom stereocenters. The molecular weight excluding hydrogens is 304 g/mol. The number of benzene rings is 1. The third kappa shape index (κ3) is 2.98. The molecule has 0 unspecified atom stereocenters. The maximum Gasteiger partial charge on any atom is 0.324 e. The standard InChI is InChI=1S/C18H24N4O2/c19-18(23)22-15-5-2-4-14(21-9-11-24-12-10-21)17(15)20-16(22)6-1-3-13-7-8-13/h2,4-5,13H,1,3,6-12H2,(H2,19,23). The molecule has 0 spiro atoms. The number of nitrogens with two attached hydrogens (primary N) is 1. The number of imidazole rings is 1. The second kappa shape index (κ2) is 6.43. The van der Waals surface area contributed by atoms with E-state index in [9.17, 15) is 4.79 Å². The monoisotopic (exact) mass is 328 g/mol. The summed E-state index contributed by atoms with van der Waals surface area (Å²) in [4.78, 5) is 19.1. The summed E-state index contributed by atoms with van der Waals surface area (Å²) >= 11 is 0. The van der Waals surface area contributed by atoms with Gasteiger partial charge in [-0.3, -0.25) is 0 Å². The lowest BCUT2D eigenvalue weighted by molar-refractivity contribution is 0.123. The minimum atomic E-state index is -0.446. The number of carbonyl (C=O) groups is 1. The number of rotatable bonds is 5. The van der Waals surface area contributed by atoms with Crippen molar-refractivity contribution in [3.05, 3.63) is 24.0 Å². The first kappa shape index (κ1) is 15.4. The van der Waals surface area contributed by atoms with Crippen molar-refractivity contribution >= 4 is 22.8 Å². The van der Waals surface area contributed by atoms with E-state index >= 15 is 0 Å². The zero-order valence-electron chi connectivity index (χ0n) is 13.9. The van der Waals surface area contributed by atoms with Crippen LogP contribution in [0.2, 0.25) is 0 Å². The number of hydrogen-bond donors (Lipinski definition) is 1. The Morgan fingerprint density at radius 3 is 2.79 bits per heavy atom. The normalized spacial score (nSPS) is 18.2. The van der Waals surface area contributed by atoms with Gasteiger partial charge in [-0.25, -0.2) is 14.3 Å². The zero-order valence-corrected chi connectivity index (χ0v) is 13.9. The Labute approximate surface area is 141 Å². The summed E-state index contributed by atoms with van der Waals surface area (Å²) < 4.78 is 7.03. The number of hydrogen-bond acceptors (Lipinski definition) is 4. The topological polar surface area (TPSA) is 73.4 Å². The fourth-order valence-corrected chi connectivity index (χ4v) is 3.56. The van der Waals surface area contributed by atoms with Gasteiger partial charge in [0.05, 0.1) is 24.4 Å². The van der Waals surface area contributed by atoms with E-state index in [1.165, 1.54) is 19.3 Å². The van der Waals surface area contributed by atoms with E-state index < -0.39 is 6.03 Å². The number of primary amides is 1. The molecule has 6 heteroatoms. The lowest BCUT2D eigenvalue weighted by Gasteiger charge is -2.28. The van der Waals surface area contributed by atoms with Crippen LogP contribution in [0.25, 0.3) is 11.0 Å². The number of anilines is 1. The molecule has 1 saturated carbocycles.